The third-order valence-corrected chi connectivity index (χ3v) is 6.56. The molecular formula is C28H28N7O+. The number of hydrogen-bond donors (Lipinski definition) is 1. The van der Waals surface area contributed by atoms with Crippen LogP contribution < -0.4 is 15.5 Å². The Morgan fingerprint density at radius 3 is 2.61 bits per heavy atom. The summed E-state index contributed by atoms with van der Waals surface area (Å²) in [7, 11) is 0. The smallest absolute Gasteiger partial charge is 0.270 e. The van der Waals surface area contributed by atoms with Crippen molar-refractivity contribution in [1.82, 2.24) is 24.4 Å². The molecule has 0 bridgehead atoms. The van der Waals surface area contributed by atoms with Gasteiger partial charge in [-0.1, -0.05) is 0 Å². The molecule has 3 N–H and O–H groups in total. The number of nitrogens with two attached hydrogens (primary N) is 1. The van der Waals surface area contributed by atoms with E-state index < -0.39 is 0 Å². The quantitative estimate of drug-likeness (QED) is 0.397. The van der Waals surface area contributed by atoms with E-state index in [-0.39, 0.29) is 6.10 Å². The number of hydrogen-bond acceptors (Lipinski definition) is 6. The fourth-order valence-corrected chi connectivity index (χ4v) is 4.79. The number of aromatic amines is 1. The van der Waals surface area contributed by atoms with Crippen LogP contribution >= 0.6 is 0 Å². The van der Waals surface area contributed by atoms with E-state index in [1.54, 1.807) is 12.4 Å². The fraction of sp³-hybridized carbons (Fsp3) is 0.214. The van der Waals surface area contributed by atoms with Gasteiger partial charge in [-0.3, -0.25) is 20.2 Å². The first-order chi connectivity index (χ1) is 17.7. The number of nitrogens with one attached hydrogen (secondary N) is 1. The maximum atomic E-state index is 6.35. The molecule has 1 aromatic carbocycles. The number of pyridine rings is 3. The molecule has 1 aliphatic rings. The predicted molar refractivity (Wildman–Crippen MR) is 138 cm³/mol. The van der Waals surface area contributed by atoms with Crippen molar-refractivity contribution in [1.29, 1.82) is 0 Å². The molecule has 36 heavy (non-hydrogen) atoms. The van der Waals surface area contributed by atoms with Crippen LogP contribution in [0.1, 0.15) is 18.4 Å². The Morgan fingerprint density at radius 1 is 1.00 bits per heavy atom. The Hall–Kier alpha value is -4.30. The van der Waals surface area contributed by atoms with Crippen LogP contribution in [0.3, 0.4) is 0 Å². The number of fused-ring (bicyclic) bond motifs is 1. The lowest BCUT2D eigenvalue weighted by atomic mass is 10.1. The second kappa shape index (κ2) is 9.75. The van der Waals surface area contributed by atoms with E-state index in [1.165, 1.54) is 5.56 Å². The van der Waals surface area contributed by atoms with E-state index in [0.29, 0.717) is 5.82 Å². The van der Waals surface area contributed by atoms with Gasteiger partial charge < -0.3 is 4.74 Å². The van der Waals surface area contributed by atoms with Gasteiger partial charge in [0.2, 0.25) is 0 Å². The number of benzene rings is 1. The maximum Gasteiger partial charge on any atom is 0.270 e. The van der Waals surface area contributed by atoms with E-state index in [0.717, 1.165) is 66.5 Å². The number of aromatic nitrogens is 5. The number of nitrogen functional groups attached to an aromatic ring is 1. The highest BCUT2D eigenvalue weighted by atomic mass is 16.5. The van der Waals surface area contributed by atoms with Crippen LogP contribution in [-0.2, 0) is 6.54 Å². The molecule has 0 radical (unpaired) electrons. The zero-order valence-electron chi connectivity index (χ0n) is 19.9. The lowest BCUT2D eigenvalue weighted by molar-refractivity contribution is -0.360. The Morgan fingerprint density at radius 2 is 1.83 bits per heavy atom. The molecule has 8 nitrogen and oxygen atoms in total. The number of anilines is 1. The summed E-state index contributed by atoms with van der Waals surface area (Å²) in [5.41, 5.74) is 10.7. The zero-order valence-corrected chi connectivity index (χ0v) is 19.9. The van der Waals surface area contributed by atoms with Crippen molar-refractivity contribution in [2.75, 3.05) is 18.8 Å². The van der Waals surface area contributed by atoms with Crippen LogP contribution in [0, 0.1) is 0 Å². The molecule has 180 valence electrons. The average molecular weight is 479 g/mol. The normalized spacial score (nSPS) is 14.8. The monoisotopic (exact) mass is 478 g/mol. The molecule has 0 aliphatic carbocycles. The number of ether oxygens (including phenoxy) is 1. The minimum absolute atomic E-state index is 0.211. The van der Waals surface area contributed by atoms with Crippen molar-refractivity contribution in [2.45, 2.75) is 25.5 Å². The summed E-state index contributed by atoms with van der Waals surface area (Å²) in [4.78, 5) is 19.2. The van der Waals surface area contributed by atoms with Crippen LogP contribution in [0.4, 0.5) is 5.82 Å². The van der Waals surface area contributed by atoms with Gasteiger partial charge in [0.05, 0.1) is 6.20 Å². The zero-order chi connectivity index (χ0) is 24.3. The summed E-state index contributed by atoms with van der Waals surface area (Å²) in [5, 5.41) is 0. The van der Waals surface area contributed by atoms with Gasteiger partial charge >= 0.3 is 0 Å². The van der Waals surface area contributed by atoms with E-state index in [2.05, 4.69) is 42.6 Å². The molecule has 1 fully saturated rings. The molecule has 1 aliphatic heterocycles. The van der Waals surface area contributed by atoms with Gasteiger partial charge in [0.25, 0.3) is 5.82 Å². The first-order valence-corrected chi connectivity index (χ1v) is 12.2. The minimum atomic E-state index is 0.211. The summed E-state index contributed by atoms with van der Waals surface area (Å²) in [6.45, 7) is 2.91. The summed E-state index contributed by atoms with van der Waals surface area (Å²) in [5.74, 6) is 2.39. The molecule has 0 saturated carbocycles. The molecule has 8 heteroatoms. The van der Waals surface area contributed by atoms with Crippen LogP contribution in [0.2, 0.25) is 0 Å². The lowest BCUT2D eigenvalue weighted by Gasteiger charge is -2.32. The number of H-pyrrole nitrogens is 1. The SMILES string of the molecule is Nc1cc(CN2CCC(Oc3ccc(-n4c(-c5cccnc5)nc5cccnc54)cc3)CC2)cc[nH+]1. The highest BCUT2D eigenvalue weighted by Crippen LogP contribution is 2.28. The highest BCUT2D eigenvalue weighted by Gasteiger charge is 2.21. The summed E-state index contributed by atoms with van der Waals surface area (Å²) >= 11 is 0. The van der Waals surface area contributed by atoms with Crippen molar-refractivity contribution in [3.05, 3.63) is 91.0 Å². The summed E-state index contributed by atoms with van der Waals surface area (Å²) < 4.78 is 8.42. The first kappa shape index (κ1) is 22.2. The standard InChI is InChI=1S/C28H27N7O/c29-26-17-20(9-14-31-26)19-34-15-10-24(11-16-34)36-23-7-5-22(6-8-23)35-27(21-3-1-12-30-18-21)33-25-4-2-13-32-28(25)35/h1-9,12-14,17-18,24H,10-11,15-16,19H2,(H2,29,31)/p+1. The fourth-order valence-electron chi connectivity index (χ4n) is 4.79. The van der Waals surface area contributed by atoms with Gasteiger partial charge in [0.1, 0.15) is 23.2 Å². The Labute approximate surface area is 209 Å². The van der Waals surface area contributed by atoms with E-state index in [9.17, 15) is 0 Å². The molecule has 6 rings (SSSR count). The van der Waals surface area contributed by atoms with E-state index in [1.807, 2.05) is 54.9 Å². The van der Waals surface area contributed by atoms with Gasteiger partial charge in [-0.05, 0) is 73.0 Å². The molecule has 5 heterocycles. The molecule has 0 unspecified atom stereocenters. The van der Waals surface area contributed by atoms with Crippen molar-refractivity contribution < 1.29 is 9.72 Å². The first-order valence-electron chi connectivity index (χ1n) is 12.2. The van der Waals surface area contributed by atoms with Gasteiger partial charge in [-0.25, -0.2) is 15.0 Å². The third kappa shape index (κ3) is 4.63. The number of rotatable bonds is 6. The summed E-state index contributed by atoms with van der Waals surface area (Å²) in [6, 6.07) is 20.1. The number of nitrogens with zero attached hydrogens (tertiary/aromatic N) is 5. The predicted octanol–water partition coefficient (Wildman–Crippen LogP) is 3.92. The Kier molecular flexibility index (Phi) is 6.01. The largest absolute Gasteiger partial charge is 0.490 e. The maximum absolute atomic E-state index is 6.35. The van der Waals surface area contributed by atoms with Gasteiger partial charge in [-0.15, -0.1) is 0 Å². The van der Waals surface area contributed by atoms with Gasteiger partial charge in [-0.2, -0.15) is 0 Å². The number of piperidine rings is 1. The van der Waals surface area contributed by atoms with Crippen molar-refractivity contribution in [3.8, 4) is 22.8 Å². The Balaban J connectivity index is 1.16. The molecule has 0 spiro atoms. The molecule has 4 aromatic heterocycles. The van der Waals surface area contributed by atoms with Crippen LogP contribution in [-0.4, -0.2) is 43.6 Å². The average Bonchev–Trinajstić information content (AvgIpc) is 3.31. The van der Waals surface area contributed by atoms with Gasteiger partial charge in [0, 0.05) is 55.5 Å². The topological polar surface area (TPSA) is 96.2 Å². The van der Waals surface area contributed by atoms with Crippen LogP contribution in [0.15, 0.2) is 85.5 Å². The second-order valence-corrected chi connectivity index (χ2v) is 9.10. The summed E-state index contributed by atoms with van der Waals surface area (Å²) in [6.07, 6.45) is 9.49. The number of imidazole rings is 1. The molecule has 0 amide bonds. The molecule has 0 atom stereocenters. The highest BCUT2D eigenvalue weighted by molar-refractivity contribution is 5.79. The van der Waals surface area contributed by atoms with E-state index in [4.69, 9.17) is 15.5 Å². The van der Waals surface area contributed by atoms with Crippen LogP contribution in [0.5, 0.6) is 5.75 Å². The van der Waals surface area contributed by atoms with Crippen molar-refractivity contribution in [2.24, 2.45) is 0 Å². The molecule has 5 aromatic rings. The second-order valence-electron chi connectivity index (χ2n) is 9.10. The Bertz CT molecular complexity index is 1460. The van der Waals surface area contributed by atoms with Crippen molar-refractivity contribution >= 4 is 17.0 Å². The van der Waals surface area contributed by atoms with Crippen molar-refractivity contribution in [3.63, 3.8) is 0 Å². The van der Waals surface area contributed by atoms with Gasteiger partial charge in [0.15, 0.2) is 5.65 Å². The third-order valence-electron chi connectivity index (χ3n) is 6.56. The number of likely N-dealkylation sites (tertiary alicyclic amines) is 1. The lowest BCUT2D eigenvalue weighted by Crippen LogP contribution is -2.37. The minimum Gasteiger partial charge on any atom is -0.490 e. The molecule has 1 saturated heterocycles. The van der Waals surface area contributed by atoms with Crippen LogP contribution in [0.25, 0.3) is 28.2 Å². The van der Waals surface area contributed by atoms with E-state index >= 15 is 0 Å². The molecular weight excluding hydrogens is 450 g/mol.